The zero-order valence-corrected chi connectivity index (χ0v) is 14.0. The summed E-state index contributed by atoms with van der Waals surface area (Å²) in [6.45, 7) is 6.61. The minimum absolute atomic E-state index is 0. The number of nitrogens with zero attached hydrogens (tertiary/aromatic N) is 1. The van der Waals surface area contributed by atoms with E-state index in [1.165, 1.54) is 4.88 Å². The predicted molar refractivity (Wildman–Crippen MR) is 85.7 cm³/mol. The lowest BCUT2D eigenvalue weighted by molar-refractivity contribution is -0.121. The first-order valence-corrected chi connectivity index (χ1v) is 6.76. The minimum atomic E-state index is 0. The van der Waals surface area contributed by atoms with Crippen molar-refractivity contribution in [3.05, 3.63) is 15.6 Å². The number of aromatic nitrogens is 1. The average molecular weight is 328 g/mol. The van der Waals surface area contributed by atoms with Gasteiger partial charge in [-0.3, -0.25) is 4.79 Å². The molecule has 0 bridgehead atoms. The molecule has 1 aromatic heterocycles. The largest absolute Gasteiger partial charge is 0.356 e. The maximum absolute atomic E-state index is 11.4. The molecular formula is C12H23Cl2N3OS. The Balaban J connectivity index is 0. The van der Waals surface area contributed by atoms with Crippen molar-refractivity contribution in [2.75, 3.05) is 6.54 Å². The lowest BCUT2D eigenvalue weighted by atomic mass is 10.2. The van der Waals surface area contributed by atoms with Gasteiger partial charge in [-0.25, -0.2) is 4.98 Å². The Morgan fingerprint density at radius 2 is 2.05 bits per heavy atom. The maximum atomic E-state index is 11.4. The molecule has 0 saturated heterocycles. The Bertz CT molecular complexity index is 383. The third kappa shape index (κ3) is 8.42. The topological polar surface area (TPSA) is 68.0 Å². The van der Waals surface area contributed by atoms with E-state index in [0.717, 1.165) is 23.5 Å². The molecule has 7 heteroatoms. The number of halogens is 2. The van der Waals surface area contributed by atoms with Gasteiger partial charge in [0.2, 0.25) is 5.91 Å². The molecule has 0 spiro atoms. The second kappa shape index (κ2) is 10.4. The third-order valence-corrected chi connectivity index (χ3v) is 3.63. The summed E-state index contributed by atoms with van der Waals surface area (Å²) in [6.07, 6.45) is 2.12. The quantitative estimate of drug-likeness (QED) is 0.842. The Kier molecular flexibility index (Phi) is 11.5. The van der Waals surface area contributed by atoms with Crippen LogP contribution in [0.2, 0.25) is 0 Å². The van der Waals surface area contributed by atoms with Gasteiger partial charge >= 0.3 is 0 Å². The Morgan fingerprint density at radius 1 is 1.42 bits per heavy atom. The molecule has 0 aliphatic heterocycles. The zero-order chi connectivity index (χ0) is 12.8. The monoisotopic (exact) mass is 327 g/mol. The number of hydrogen-bond donors (Lipinski definition) is 2. The van der Waals surface area contributed by atoms with E-state index in [4.69, 9.17) is 5.73 Å². The van der Waals surface area contributed by atoms with E-state index in [1.54, 1.807) is 11.3 Å². The van der Waals surface area contributed by atoms with Crippen LogP contribution in [0.15, 0.2) is 0 Å². The summed E-state index contributed by atoms with van der Waals surface area (Å²) in [5.41, 5.74) is 6.68. The van der Waals surface area contributed by atoms with Crippen molar-refractivity contribution >= 4 is 42.1 Å². The zero-order valence-electron chi connectivity index (χ0n) is 11.6. The fraction of sp³-hybridized carbons (Fsp3) is 0.667. The molecule has 1 aromatic rings. The van der Waals surface area contributed by atoms with E-state index < -0.39 is 0 Å². The summed E-state index contributed by atoms with van der Waals surface area (Å²) >= 11 is 1.70. The highest BCUT2D eigenvalue weighted by molar-refractivity contribution is 7.11. The van der Waals surface area contributed by atoms with Gasteiger partial charge in [-0.2, -0.15) is 0 Å². The number of thiazole rings is 1. The molecule has 19 heavy (non-hydrogen) atoms. The molecule has 1 heterocycles. The number of rotatable bonds is 6. The predicted octanol–water partition coefficient (Wildman–Crippen LogP) is 2.39. The first kappa shape index (κ1) is 20.9. The lowest BCUT2D eigenvalue weighted by Crippen LogP contribution is -2.27. The number of nitrogens with one attached hydrogen (secondary N) is 1. The number of aryl methyl sites for hydroxylation is 2. The van der Waals surface area contributed by atoms with Crippen LogP contribution < -0.4 is 11.1 Å². The fourth-order valence-corrected chi connectivity index (χ4v) is 2.50. The first-order chi connectivity index (χ1) is 7.99. The van der Waals surface area contributed by atoms with E-state index in [9.17, 15) is 4.79 Å². The highest BCUT2D eigenvalue weighted by Crippen LogP contribution is 2.16. The van der Waals surface area contributed by atoms with Crippen LogP contribution >= 0.6 is 36.2 Å². The summed E-state index contributed by atoms with van der Waals surface area (Å²) in [7, 11) is 0. The molecule has 0 aliphatic carbocycles. The van der Waals surface area contributed by atoms with Gasteiger partial charge in [0, 0.05) is 30.3 Å². The number of carbonyl (C=O) groups excluding carboxylic acids is 1. The van der Waals surface area contributed by atoms with Gasteiger partial charge in [-0.15, -0.1) is 36.2 Å². The van der Waals surface area contributed by atoms with Gasteiger partial charge in [0.05, 0.1) is 10.7 Å². The van der Waals surface area contributed by atoms with Crippen LogP contribution in [0.4, 0.5) is 0 Å². The van der Waals surface area contributed by atoms with Crippen LogP contribution in [0.1, 0.15) is 35.3 Å². The summed E-state index contributed by atoms with van der Waals surface area (Å²) in [5.74, 6) is 0.0844. The fourth-order valence-electron chi connectivity index (χ4n) is 1.57. The van der Waals surface area contributed by atoms with Crippen molar-refractivity contribution in [3.63, 3.8) is 0 Å². The smallest absolute Gasteiger partial charge is 0.220 e. The van der Waals surface area contributed by atoms with Crippen molar-refractivity contribution in [3.8, 4) is 0 Å². The van der Waals surface area contributed by atoms with Crippen LogP contribution in [-0.2, 0) is 11.2 Å². The molecule has 1 rings (SSSR count). The number of amides is 1. The maximum Gasteiger partial charge on any atom is 0.220 e. The van der Waals surface area contributed by atoms with Crippen LogP contribution in [0, 0.1) is 13.8 Å². The number of hydrogen-bond acceptors (Lipinski definition) is 4. The van der Waals surface area contributed by atoms with E-state index in [1.807, 2.05) is 20.8 Å². The van der Waals surface area contributed by atoms with E-state index in [-0.39, 0.29) is 36.8 Å². The SMILES string of the molecule is Cc1nc(C)c(CCNC(=O)CCC(C)N)s1.Cl.Cl. The second-order valence-corrected chi connectivity index (χ2v) is 5.65. The van der Waals surface area contributed by atoms with Crippen LogP contribution in [0.25, 0.3) is 0 Å². The molecule has 112 valence electrons. The summed E-state index contributed by atoms with van der Waals surface area (Å²) in [5, 5.41) is 3.99. The van der Waals surface area contributed by atoms with Crippen molar-refractivity contribution < 1.29 is 4.79 Å². The standard InChI is InChI=1S/C12H21N3OS.2ClH/c1-8(13)4-5-12(16)14-7-6-11-9(2)15-10(3)17-11;;/h8H,4-7,13H2,1-3H3,(H,14,16);2*1H. The number of nitrogens with two attached hydrogens (primary N) is 1. The average Bonchev–Trinajstić information content (AvgIpc) is 2.55. The Labute approximate surface area is 131 Å². The number of carbonyl (C=O) groups is 1. The van der Waals surface area contributed by atoms with E-state index in [2.05, 4.69) is 10.3 Å². The van der Waals surface area contributed by atoms with E-state index >= 15 is 0 Å². The first-order valence-electron chi connectivity index (χ1n) is 5.94. The third-order valence-electron chi connectivity index (χ3n) is 2.50. The molecule has 0 aromatic carbocycles. The Morgan fingerprint density at radius 3 is 2.53 bits per heavy atom. The Hall–Kier alpha value is -0.360. The van der Waals surface area contributed by atoms with Crippen molar-refractivity contribution in [2.24, 2.45) is 5.73 Å². The van der Waals surface area contributed by atoms with Crippen molar-refractivity contribution in [1.29, 1.82) is 0 Å². The molecule has 0 radical (unpaired) electrons. The highest BCUT2D eigenvalue weighted by Gasteiger charge is 2.06. The molecule has 1 atom stereocenters. The molecule has 0 aliphatic rings. The van der Waals surface area contributed by atoms with Crippen molar-refractivity contribution in [1.82, 2.24) is 10.3 Å². The van der Waals surface area contributed by atoms with Crippen LogP contribution in [0.5, 0.6) is 0 Å². The van der Waals surface area contributed by atoms with Gasteiger partial charge in [0.1, 0.15) is 0 Å². The summed E-state index contributed by atoms with van der Waals surface area (Å²) in [4.78, 5) is 17.1. The highest BCUT2D eigenvalue weighted by atomic mass is 35.5. The van der Waals surface area contributed by atoms with Crippen LogP contribution in [-0.4, -0.2) is 23.5 Å². The molecular weight excluding hydrogens is 305 g/mol. The molecule has 4 nitrogen and oxygen atoms in total. The molecule has 0 saturated carbocycles. The normalized spacial score (nSPS) is 11.2. The van der Waals surface area contributed by atoms with Gasteiger partial charge in [0.15, 0.2) is 0 Å². The van der Waals surface area contributed by atoms with Crippen molar-refractivity contribution in [2.45, 2.75) is 46.1 Å². The minimum Gasteiger partial charge on any atom is -0.356 e. The summed E-state index contributed by atoms with van der Waals surface area (Å²) < 4.78 is 0. The van der Waals surface area contributed by atoms with E-state index in [0.29, 0.717) is 13.0 Å². The van der Waals surface area contributed by atoms with Gasteiger partial charge < -0.3 is 11.1 Å². The van der Waals surface area contributed by atoms with Gasteiger partial charge in [0.25, 0.3) is 0 Å². The summed E-state index contributed by atoms with van der Waals surface area (Å²) in [6, 6.07) is 0.0899. The lowest BCUT2D eigenvalue weighted by Gasteiger charge is -2.06. The van der Waals surface area contributed by atoms with Gasteiger partial charge in [-0.05, 0) is 27.2 Å². The van der Waals surface area contributed by atoms with Gasteiger partial charge in [-0.1, -0.05) is 0 Å². The second-order valence-electron chi connectivity index (χ2n) is 4.36. The molecule has 0 fully saturated rings. The molecule has 3 N–H and O–H groups in total. The molecule has 1 amide bonds. The van der Waals surface area contributed by atoms with Crippen LogP contribution in [0.3, 0.4) is 0 Å². The molecule has 1 unspecified atom stereocenters.